The molecule has 0 aliphatic carbocycles. The Hall–Kier alpha value is -4.22. The Balaban J connectivity index is 3.67. The number of hydrogen-bond acceptors (Lipinski definition) is 5. The summed E-state index contributed by atoms with van der Waals surface area (Å²) in [6, 6.07) is 0. The van der Waals surface area contributed by atoms with E-state index in [1.54, 1.807) is 0 Å². The lowest BCUT2D eigenvalue weighted by atomic mass is 10.1. The Kier molecular flexibility index (Phi) is 54.5. The molecule has 0 spiro atoms. The van der Waals surface area contributed by atoms with Crippen molar-refractivity contribution in [1.82, 2.24) is 0 Å². The third kappa shape index (κ3) is 56.3. The largest absolute Gasteiger partial charge is 0.462 e. The second kappa shape index (κ2) is 58.1. The fourth-order valence-electron chi connectivity index (χ4n) is 7.20. The maximum absolute atomic E-state index is 12.3. The maximum Gasteiger partial charge on any atom is 0.306 e. The number of allylic oxidation sites excluding steroid dienone is 24. The van der Waals surface area contributed by atoms with Crippen LogP contribution in [0.4, 0.5) is 0 Å². The van der Waals surface area contributed by atoms with Gasteiger partial charge in [-0.25, -0.2) is 0 Å². The van der Waals surface area contributed by atoms with Crippen LogP contribution in [-0.2, 0) is 19.1 Å². The molecule has 5 heteroatoms. The van der Waals surface area contributed by atoms with E-state index in [4.69, 9.17) is 9.47 Å². The van der Waals surface area contributed by atoms with E-state index in [9.17, 15) is 14.7 Å². The number of rotatable bonds is 49. The van der Waals surface area contributed by atoms with Gasteiger partial charge in [0.2, 0.25) is 0 Å². The minimum absolute atomic E-state index is 0.0861. The summed E-state index contributed by atoms with van der Waals surface area (Å²) < 4.78 is 10.7. The lowest BCUT2D eigenvalue weighted by molar-refractivity contribution is -0.161. The van der Waals surface area contributed by atoms with Crippen LogP contribution in [0.5, 0.6) is 0 Å². The van der Waals surface area contributed by atoms with Gasteiger partial charge < -0.3 is 14.6 Å². The molecule has 0 aromatic heterocycles. The number of aliphatic hydroxyl groups excluding tert-OH is 1. The fraction of sp³-hybridized carbons (Fsp3) is 0.594. The Labute approximate surface area is 425 Å². The topological polar surface area (TPSA) is 72.8 Å². The number of unbranched alkanes of at least 4 members (excludes halogenated alkanes) is 17. The van der Waals surface area contributed by atoms with Crippen LogP contribution >= 0.6 is 0 Å². The van der Waals surface area contributed by atoms with Gasteiger partial charge in [-0.1, -0.05) is 237 Å². The Morgan fingerprint density at radius 3 is 0.957 bits per heavy atom. The first-order chi connectivity index (χ1) is 34.1. The van der Waals surface area contributed by atoms with Crippen molar-refractivity contribution in [2.45, 2.75) is 232 Å². The Morgan fingerprint density at radius 1 is 0.348 bits per heavy atom. The predicted molar refractivity (Wildman–Crippen MR) is 301 cm³/mol. The van der Waals surface area contributed by atoms with Gasteiger partial charge in [0.25, 0.3) is 0 Å². The summed E-state index contributed by atoms with van der Waals surface area (Å²) in [7, 11) is 0. The van der Waals surface area contributed by atoms with E-state index >= 15 is 0 Å². The number of esters is 2. The highest BCUT2D eigenvalue weighted by molar-refractivity contribution is 5.70. The minimum Gasteiger partial charge on any atom is -0.462 e. The van der Waals surface area contributed by atoms with Crippen molar-refractivity contribution in [1.29, 1.82) is 0 Å². The van der Waals surface area contributed by atoms with Gasteiger partial charge in [-0.05, 0) is 122 Å². The molecular weight excluding hydrogens is 849 g/mol. The van der Waals surface area contributed by atoms with Crippen LogP contribution in [0, 0.1) is 0 Å². The zero-order valence-corrected chi connectivity index (χ0v) is 44.3. The molecule has 0 saturated heterocycles. The number of ether oxygens (including phenoxy) is 2. The molecule has 0 aliphatic rings. The molecule has 0 bridgehead atoms. The van der Waals surface area contributed by atoms with Crippen LogP contribution < -0.4 is 0 Å². The van der Waals surface area contributed by atoms with Gasteiger partial charge in [-0.2, -0.15) is 0 Å². The van der Waals surface area contributed by atoms with Gasteiger partial charge in [0.05, 0.1) is 6.61 Å². The summed E-state index contributed by atoms with van der Waals surface area (Å²) in [5.74, 6) is -0.631. The Bertz CT molecular complexity index is 1490. The van der Waals surface area contributed by atoms with Crippen LogP contribution in [-0.4, -0.2) is 36.4 Å². The van der Waals surface area contributed by atoms with Crippen molar-refractivity contribution in [3.05, 3.63) is 146 Å². The fourth-order valence-corrected chi connectivity index (χ4v) is 7.20. The molecule has 388 valence electrons. The predicted octanol–water partition coefficient (Wildman–Crippen LogP) is 19.0. The molecular formula is C64H102O5. The van der Waals surface area contributed by atoms with Crippen LogP contribution in [0.3, 0.4) is 0 Å². The molecule has 0 rings (SSSR count). The lowest BCUT2D eigenvalue weighted by Crippen LogP contribution is -2.28. The second-order valence-electron chi connectivity index (χ2n) is 17.9. The minimum atomic E-state index is -0.796. The van der Waals surface area contributed by atoms with E-state index in [0.717, 1.165) is 135 Å². The summed E-state index contributed by atoms with van der Waals surface area (Å²) in [5, 5.41) is 9.63. The normalized spacial score (nSPS) is 13.4. The number of aliphatic hydroxyl groups is 1. The van der Waals surface area contributed by atoms with Crippen molar-refractivity contribution < 1.29 is 24.2 Å². The second-order valence-corrected chi connectivity index (χ2v) is 17.9. The monoisotopic (exact) mass is 951 g/mol. The maximum atomic E-state index is 12.3. The van der Waals surface area contributed by atoms with Crippen molar-refractivity contribution in [3.8, 4) is 0 Å². The molecule has 0 aromatic rings. The standard InChI is InChI=1S/C64H102O5/c1-3-5-7-9-11-13-15-17-19-21-22-23-24-25-26-27-28-29-30-31-32-33-34-35-36-37-38-39-40-41-42-43-45-47-49-51-53-55-57-59-64(67)69-62(60-65)61-68-63(66)58-56-54-52-50-48-46-44-20-18-16-14-12-10-8-6-4-2/h5,7,11,13,17,19-20,22-23,25-26,28-29,31-32,34-35,37-38,40-41,43-45,62,65H,3-4,6,8-10,12,14-16,18,21,24,27,30,33,36,39,42,46-61H2,1-2H3/b7-5-,13-11-,19-17-,23-22-,26-25-,29-28-,32-31-,35-34-,38-37-,41-40-,44-20-,45-43-. The SMILES string of the molecule is CC/C=C\C/C=C\C/C=C\C/C=C\C/C=C\C/C=C\C/C=C\C/C=C\C/C=C\C/C=C\C/C=C\CCCCCCCC(=O)OC(CO)COC(=O)CCCCCCC/C=C\CCCCCCCCC. The molecule has 1 unspecified atom stereocenters. The smallest absolute Gasteiger partial charge is 0.306 e. The molecule has 5 nitrogen and oxygen atoms in total. The molecule has 0 radical (unpaired) electrons. The average molecular weight is 952 g/mol. The molecule has 0 fully saturated rings. The molecule has 1 N–H and O–H groups in total. The third-order valence-electron chi connectivity index (χ3n) is 11.4. The molecule has 1 atom stereocenters. The van der Waals surface area contributed by atoms with E-state index in [1.807, 2.05) is 0 Å². The van der Waals surface area contributed by atoms with Gasteiger partial charge >= 0.3 is 11.9 Å². The van der Waals surface area contributed by atoms with Crippen molar-refractivity contribution in [2.24, 2.45) is 0 Å². The zero-order valence-electron chi connectivity index (χ0n) is 44.3. The van der Waals surface area contributed by atoms with E-state index in [2.05, 4.69) is 160 Å². The van der Waals surface area contributed by atoms with Gasteiger partial charge in [0.1, 0.15) is 6.61 Å². The average Bonchev–Trinajstić information content (AvgIpc) is 3.35. The van der Waals surface area contributed by atoms with E-state index in [0.29, 0.717) is 12.8 Å². The van der Waals surface area contributed by atoms with Gasteiger partial charge in [-0.15, -0.1) is 0 Å². The van der Waals surface area contributed by atoms with E-state index < -0.39 is 6.10 Å². The molecule has 0 saturated carbocycles. The number of carbonyl (C=O) groups excluding carboxylic acids is 2. The lowest BCUT2D eigenvalue weighted by Gasteiger charge is -2.15. The molecule has 0 aliphatic heterocycles. The van der Waals surface area contributed by atoms with Gasteiger partial charge in [-0.3, -0.25) is 9.59 Å². The molecule has 0 amide bonds. The van der Waals surface area contributed by atoms with Gasteiger partial charge in [0.15, 0.2) is 6.10 Å². The third-order valence-corrected chi connectivity index (χ3v) is 11.4. The summed E-state index contributed by atoms with van der Waals surface area (Å²) in [6.07, 6.45) is 88.1. The van der Waals surface area contributed by atoms with Crippen molar-refractivity contribution >= 4 is 11.9 Å². The first-order valence-corrected chi connectivity index (χ1v) is 27.9. The van der Waals surface area contributed by atoms with E-state index in [-0.39, 0.29) is 25.2 Å². The number of carbonyl (C=O) groups is 2. The molecule has 0 aromatic carbocycles. The highest BCUT2D eigenvalue weighted by Crippen LogP contribution is 2.13. The zero-order chi connectivity index (χ0) is 49.9. The quantitative estimate of drug-likeness (QED) is 0.0374. The Morgan fingerprint density at radius 2 is 0.623 bits per heavy atom. The van der Waals surface area contributed by atoms with Crippen LogP contribution in [0.25, 0.3) is 0 Å². The summed E-state index contributed by atoms with van der Waals surface area (Å²) >= 11 is 0. The first-order valence-electron chi connectivity index (χ1n) is 27.9. The van der Waals surface area contributed by atoms with Crippen LogP contribution in [0.1, 0.15) is 226 Å². The van der Waals surface area contributed by atoms with Gasteiger partial charge in [0, 0.05) is 12.8 Å². The molecule has 0 heterocycles. The number of hydrogen-bond donors (Lipinski definition) is 1. The highest BCUT2D eigenvalue weighted by atomic mass is 16.6. The summed E-state index contributed by atoms with van der Waals surface area (Å²) in [4.78, 5) is 24.4. The van der Waals surface area contributed by atoms with E-state index in [1.165, 1.54) is 64.2 Å². The van der Waals surface area contributed by atoms with Crippen molar-refractivity contribution in [2.75, 3.05) is 13.2 Å². The van der Waals surface area contributed by atoms with Crippen LogP contribution in [0.2, 0.25) is 0 Å². The first kappa shape index (κ1) is 64.8. The summed E-state index contributed by atoms with van der Waals surface area (Å²) in [6.45, 7) is 3.99. The van der Waals surface area contributed by atoms with Crippen molar-refractivity contribution in [3.63, 3.8) is 0 Å². The summed E-state index contributed by atoms with van der Waals surface area (Å²) in [5.41, 5.74) is 0. The van der Waals surface area contributed by atoms with Crippen LogP contribution in [0.15, 0.2) is 146 Å². The highest BCUT2D eigenvalue weighted by Gasteiger charge is 2.16. The molecule has 69 heavy (non-hydrogen) atoms.